The Hall–Kier alpha value is -1.58. The molecule has 0 radical (unpaired) electrons. The van der Waals surface area contributed by atoms with Gasteiger partial charge in [-0.3, -0.25) is 4.79 Å². The minimum absolute atomic E-state index is 0.0563. The molecule has 4 heteroatoms. The molecule has 0 aliphatic heterocycles. The molecule has 2 rings (SSSR count). The second-order valence-corrected chi connectivity index (χ2v) is 5.48. The van der Waals surface area contributed by atoms with E-state index in [9.17, 15) is 4.79 Å². The van der Waals surface area contributed by atoms with Gasteiger partial charge in [0, 0.05) is 17.5 Å². The first-order chi connectivity index (χ1) is 9.54. The second-order valence-electron chi connectivity index (χ2n) is 4.95. The smallest absolute Gasteiger partial charge is 0.182 e. The second kappa shape index (κ2) is 6.25. The average Bonchev–Trinajstić information content (AvgIpc) is 2.44. The third-order valence-electron chi connectivity index (χ3n) is 3.18. The van der Waals surface area contributed by atoms with Crippen molar-refractivity contribution in [2.75, 3.05) is 27.7 Å². The Morgan fingerprint density at radius 3 is 2.45 bits per heavy atom. The van der Waals surface area contributed by atoms with Crippen molar-refractivity contribution in [3.8, 4) is 5.75 Å². The number of ketones is 1. The van der Waals surface area contributed by atoms with E-state index in [1.165, 1.54) is 0 Å². The number of rotatable bonds is 5. The van der Waals surface area contributed by atoms with Crippen LogP contribution in [0.3, 0.4) is 0 Å². The summed E-state index contributed by atoms with van der Waals surface area (Å²) in [6.45, 7) is 0.515. The van der Waals surface area contributed by atoms with Crippen LogP contribution in [0.25, 0.3) is 10.8 Å². The lowest BCUT2D eigenvalue weighted by Gasteiger charge is -2.16. The molecule has 2 aromatic rings. The van der Waals surface area contributed by atoms with Crippen molar-refractivity contribution < 1.29 is 9.53 Å². The summed E-state index contributed by atoms with van der Waals surface area (Å²) in [6, 6.07) is 11.3. The maximum absolute atomic E-state index is 12.5. The molecule has 3 nitrogen and oxygen atoms in total. The number of ether oxygens (including phenoxy) is 1. The summed E-state index contributed by atoms with van der Waals surface area (Å²) in [4.78, 5) is 14.4. The highest BCUT2D eigenvalue weighted by atomic mass is 35.5. The highest BCUT2D eigenvalue weighted by Gasteiger charge is 2.20. The van der Waals surface area contributed by atoms with E-state index in [1.54, 1.807) is 13.2 Å². The Balaban J connectivity index is 2.47. The summed E-state index contributed by atoms with van der Waals surface area (Å²) in [5.41, 5.74) is 0.642. The molecule has 0 saturated carbocycles. The molecule has 0 saturated heterocycles. The summed E-state index contributed by atoms with van der Waals surface area (Å²) in [6.07, 6.45) is 0. The van der Waals surface area contributed by atoms with Gasteiger partial charge in [0.25, 0.3) is 0 Å². The summed E-state index contributed by atoms with van der Waals surface area (Å²) >= 11 is 6.21. The number of hydrogen-bond donors (Lipinski definition) is 0. The summed E-state index contributed by atoms with van der Waals surface area (Å²) in [5.74, 6) is 0.704. The molecule has 0 aromatic heterocycles. The molecule has 0 heterocycles. The fourth-order valence-corrected chi connectivity index (χ4v) is 2.63. The first-order valence-corrected chi connectivity index (χ1v) is 6.87. The quantitative estimate of drug-likeness (QED) is 0.626. The molecule has 0 aliphatic rings. The number of nitrogens with zero attached hydrogens (tertiary/aromatic N) is 1. The first kappa shape index (κ1) is 14.8. The van der Waals surface area contributed by atoms with Gasteiger partial charge in [0.05, 0.1) is 7.11 Å². The molecule has 0 N–H and O–H groups in total. The number of Topliss-reactive ketones (excluding diaryl/α,β-unsaturated/α-hetero) is 1. The Morgan fingerprint density at radius 1 is 1.20 bits per heavy atom. The number of alkyl halides is 1. The highest BCUT2D eigenvalue weighted by molar-refractivity contribution is 6.35. The van der Waals surface area contributed by atoms with Gasteiger partial charge in [-0.1, -0.05) is 24.3 Å². The minimum atomic E-state index is -0.554. The van der Waals surface area contributed by atoms with Gasteiger partial charge < -0.3 is 9.64 Å². The fourth-order valence-electron chi connectivity index (χ4n) is 2.24. The third-order valence-corrected chi connectivity index (χ3v) is 3.52. The van der Waals surface area contributed by atoms with E-state index in [1.807, 2.05) is 49.3 Å². The van der Waals surface area contributed by atoms with Crippen LogP contribution >= 0.6 is 11.6 Å². The number of benzene rings is 2. The zero-order valence-corrected chi connectivity index (χ0v) is 12.6. The number of halogens is 1. The number of carbonyl (C=O) groups is 1. The van der Waals surface area contributed by atoms with Crippen molar-refractivity contribution in [1.82, 2.24) is 4.90 Å². The van der Waals surface area contributed by atoms with E-state index >= 15 is 0 Å². The van der Waals surface area contributed by atoms with Crippen LogP contribution in [0.1, 0.15) is 10.4 Å². The Labute approximate surface area is 124 Å². The molecule has 0 aliphatic carbocycles. The lowest BCUT2D eigenvalue weighted by atomic mass is 9.99. The highest BCUT2D eigenvalue weighted by Crippen LogP contribution is 2.29. The van der Waals surface area contributed by atoms with E-state index in [2.05, 4.69) is 0 Å². The van der Waals surface area contributed by atoms with E-state index in [0.29, 0.717) is 12.1 Å². The molecular formula is C16H18ClNO2. The summed E-state index contributed by atoms with van der Waals surface area (Å²) in [5, 5.41) is 1.25. The minimum Gasteiger partial charge on any atom is -0.496 e. The van der Waals surface area contributed by atoms with Crippen molar-refractivity contribution in [3.05, 3.63) is 42.0 Å². The molecular weight excluding hydrogens is 274 g/mol. The molecule has 106 valence electrons. The van der Waals surface area contributed by atoms with E-state index in [-0.39, 0.29) is 5.78 Å². The van der Waals surface area contributed by atoms with Crippen LogP contribution in [0, 0.1) is 0 Å². The van der Waals surface area contributed by atoms with Crippen LogP contribution in [0.2, 0.25) is 0 Å². The topological polar surface area (TPSA) is 29.5 Å². The van der Waals surface area contributed by atoms with Crippen LogP contribution in [-0.4, -0.2) is 43.8 Å². The molecule has 20 heavy (non-hydrogen) atoms. The third kappa shape index (κ3) is 2.94. The summed E-state index contributed by atoms with van der Waals surface area (Å²) < 4.78 is 5.33. The van der Waals surface area contributed by atoms with Gasteiger partial charge in [0.2, 0.25) is 0 Å². The molecule has 0 fully saturated rings. The number of fused-ring (bicyclic) bond motifs is 1. The average molecular weight is 292 g/mol. The number of carbonyl (C=O) groups excluding carboxylic acids is 1. The van der Waals surface area contributed by atoms with Gasteiger partial charge in [-0.15, -0.1) is 11.6 Å². The van der Waals surface area contributed by atoms with Crippen molar-refractivity contribution >= 4 is 28.2 Å². The largest absolute Gasteiger partial charge is 0.496 e. The lowest BCUT2D eigenvalue weighted by Crippen LogP contribution is -2.28. The van der Waals surface area contributed by atoms with E-state index in [4.69, 9.17) is 16.3 Å². The fraction of sp³-hybridized carbons (Fsp3) is 0.312. The molecule has 0 amide bonds. The molecule has 0 bridgehead atoms. The van der Waals surface area contributed by atoms with Crippen LogP contribution in [0.5, 0.6) is 5.75 Å². The van der Waals surface area contributed by atoms with E-state index in [0.717, 1.165) is 16.5 Å². The van der Waals surface area contributed by atoms with Crippen LogP contribution in [0.4, 0.5) is 0 Å². The maximum atomic E-state index is 12.5. The van der Waals surface area contributed by atoms with Gasteiger partial charge in [0.1, 0.15) is 11.1 Å². The maximum Gasteiger partial charge on any atom is 0.182 e. The predicted molar refractivity (Wildman–Crippen MR) is 83.0 cm³/mol. The zero-order valence-electron chi connectivity index (χ0n) is 11.9. The van der Waals surface area contributed by atoms with Gasteiger partial charge in [-0.05, 0) is 31.6 Å². The zero-order chi connectivity index (χ0) is 14.7. The Bertz CT molecular complexity index is 625. The van der Waals surface area contributed by atoms with Gasteiger partial charge in [0.15, 0.2) is 5.78 Å². The van der Waals surface area contributed by atoms with Crippen LogP contribution < -0.4 is 4.74 Å². The van der Waals surface area contributed by atoms with Crippen molar-refractivity contribution in [2.45, 2.75) is 5.38 Å². The van der Waals surface area contributed by atoms with Crippen molar-refractivity contribution in [3.63, 3.8) is 0 Å². The SMILES string of the molecule is COc1ccc(C(=O)C(Cl)CN(C)C)c2ccccc12. The number of methoxy groups -OCH3 is 1. The van der Waals surface area contributed by atoms with Gasteiger partial charge in [-0.2, -0.15) is 0 Å². The molecule has 2 aromatic carbocycles. The van der Waals surface area contributed by atoms with Crippen molar-refractivity contribution in [2.24, 2.45) is 0 Å². The first-order valence-electron chi connectivity index (χ1n) is 6.43. The van der Waals surface area contributed by atoms with Gasteiger partial charge in [-0.25, -0.2) is 0 Å². The molecule has 0 spiro atoms. The molecule has 1 atom stereocenters. The number of hydrogen-bond acceptors (Lipinski definition) is 3. The standard InChI is InChI=1S/C16H18ClNO2/c1-18(2)10-14(17)16(19)13-8-9-15(20-3)12-7-5-4-6-11(12)13/h4-9,14H,10H2,1-3H3. The van der Waals surface area contributed by atoms with Crippen molar-refractivity contribution in [1.29, 1.82) is 0 Å². The Morgan fingerprint density at radius 2 is 1.85 bits per heavy atom. The lowest BCUT2D eigenvalue weighted by molar-refractivity contribution is 0.0978. The normalized spacial score (nSPS) is 12.7. The van der Waals surface area contributed by atoms with E-state index < -0.39 is 5.38 Å². The summed E-state index contributed by atoms with van der Waals surface area (Å²) in [7, 11) is 5.42. The van der Waals surface area contributed by atoms with Crippen LogP contribution in [-0.2, 0) is 0 Å². The molecule has 1 unspecified atom stereocenters. The van der Waals surface area contributed by atoms with Crippen LogP contribution in [0.15, 0.2) is 36.4 Å². The monoisotopic (exact) mass is 291 g/mol. The van der Waals surface area contributed by atoms with Gasteiger partial charge >= 0.3 is 0 Å². The Kier molecular flexibility index (Phi) is 4.63. The predicted octanol–water partition coefficient (Wildman–Crippen LogP) is 3.20.